The molecule has 7 heteroatoms. The molecule has 118 valence electrons. The van der Waals surface area contributed by atoms with E-state index in [0.29, 0.717) is 19.7 Å². The normalized spacial score (nSPS) is 16.9. The largest absolute Gasteiger partial charge is 0.385 e. The first-order chi connectivity index (χ1) is 9.92. The average molecular weight is 333 g/mol. The van der Waals surface area contributed by atoms with E-state index < -0.39 is 10.0 Å². The quantitative estimate of drug-likeness (QED) is 0.761. The molecule has 1 aliphatic carbocycles. The zero-order chi connectivity index (χ0) is 15.5. The van der Waals surface area contributed by atoms with Crippen LogP contribution in [0, 0.1) is 5.41 Å². The predicted octanol–water partition coefficient (Wildman–Crippen LogP) is 1.89. The van der Waals surface area contributed by atoms with Crippen molar-refractivity contribution >= 4 is 21.6 Å². The molecule has 0 atom stereocenters. The Morgan fingerprint density at radius 3 is 2.67 bits per heavy atom. The second-order valence-electron chi connectivity index (χ2n) is 5.54. The highest BCUT2D eigenvalue weighted by Crippen LogP contribution is 2.48. The molecule has 1 aromatic rings. The maximum Gasteiger partial charge on any atom is 0.242 e. The fourth-order valence-electron chi connectivity index (χ4n) is 2.23. The Balaban J connectivity index is 2.05. The van der Waals surface area contributed by atoms with Gasteiger partial charge in [-0.05, 0) is 42.4 Å². The van der Waals surface area contributed by atoms with Crippen LogP contribution in [0.2, 0.25) is 5.02 Å². The van der Waals surface area contributed by atoms with Crippen molar-refractivity contribution in [2.24, 2.45) is 11.1 Å². The number of sulfonamides is 1. The highest BCUT2D eigenvalue weighted by atomic mass is 35.5. The van der Waals surface area contributed by atoms with Crippen molar-refractivity contribution in [2.75, 3.05) is 20.3 Å². The van der Waals surface area contributed by atoms with Crippen molar-refractivity contribution in [1.82, 2.24) is 4.72 Å². The molecule has 1 fully saturated rings. The summed E-state index contributed by atoms with van der Waals surface area (Å²) in [5, 5.41) is 0.201. The summed E-state index contributed by atoms with van der Waals surface area (Å²) in [4.78, 5) is 0.101. The number of nitrogens with two attached hydrogens (primary N) is 1. The molecule has 3 N–H and O–H groups in total. The van der Waals surface area contributed by atoms with Gasteiger partial charge in [-0.2, -0.15) is 0 Å². The molecule has 0 aliphatic heterocycles. The minimum absolute atomic E-state index is 0.0484. The Morgan fingerprint density at radius 1 is 1.43 bits per heavy atom. The molecule has 1 saturated carbocycles. The maximum atomic E-state index is 12.3. The van der Waals surface area contributed by atoms with Gasteiger partial charge in [0, 0.05) is 26.8 Å². The Hall–Kier alpha value is -0.660. The number of nitrogens with one attached hydrogen (secondary N) is 1. The minimum atomic E-state index is -3.60. The van der Waals surface area contributed by atoms with E-state index in [1.165, 1.54) is 6.07 Å². The first-order valence-electron chi connectivity index (χ1n) is 6.90. The first kappa shape index (κ1) is 16.7. The molecule has 0 heterocycles. The van der Waals surface area contributed by atoms with Crippen LogP contribution in [0.4, 0.5) is 0 Å². The summed E-state index contributed by atoms with van der Waals surface area (Å²) in [5.74, 6) is 0. The third-order valence-electron chi connectivity index (χ3n) is 3.95. The van der Waals surface area contributed by atoms with E-state index in [1.54, 1.807) is 19.2 Å². The van der Waals surface area contributed by atoms with Crippen LogP contribution in [0.3, 0.4) is 0 Å². The summed E-state index contributed by atoms with van der Waals surface area (Å²) in [6.07, 6.45) is 2.92. The van der Waals surface area contributed by atoms with Crippen molar-refractivity contribution in [1.29, 1.82) is 0 Å². The summed E-state index contributed by atoms with van der Waals surface area (Å²) in [7, 11) is -1.95. The second kappa shape index (κ2) is 6.62. The summed E-state index contributed by atoms with van der Waals surface area (Å²) in [6, 6.07) is 4.77. The number of methoxy groups -OCH3 is 1. The topological polar surface area (TPSA) is 81.4 Å². The molecule has 0 aromatic heterocycles. The lowest BCUT2D eigenvalue weighted by Crippen LogP contribution is -2.31. The Labute approximate surface area is 130 Å². The summed E-state index contributed by atoms with van der Waals surface area (Å²) in [6.45, 7) is 1.40. The summed E-state index contributed by atoms with van der Waals surface area (Å²) < 4.78 is 32.4. The minimum Gasteiger partial charge on any atom is -0.385 e. The van der Waals surface area contributed by atoms with E-state index in [2.05, 4.69) is 4.72 Å². The van der Waals surface area contributed by atoms with E-state index in [4.69, 9.17) is 22.1 Å². The zero-order valence-corrected chi connectivity index (χ0v) is 13.6. The van der Waals surface area contributed by atoms with Crippen molar-refractivity contribution in [3.05, 3.63) is 28.8 Å². The SMILES string of the molecule is COCCC1(CNS(=O)(=O)c2ccc(CN)cc2Cl)CC1. The van der Waals surface area contributed by atoms with E-state index in [9.17, 15) is 8.42 Å². The number of rotatable bonds is 8. The Bertz CT molecular complexity index is 600. The summed E-state index contributed by atoms with van der Waals surface area (Å²) in [5.41, 5.74) is 6.36. The van der Waals surface area contributed by atoms with Gasteiger partial charge in [-0.3, -0.25) is 0 Å². The second-order valence-corrected chi connectivity index (χ2v) is 7.68. The van der Waals surface area contributed by atoms with Gasteiger partial charge in [-0.1, -0.05) is 17.7 Å². The molecule has 0 unspecified atom stereocenters. The van der Waals surface area contributed by atoms with Crippen LogP contribution in [-0.2, 0) is 21.3 Å². The lowest BCUT2D eigenvalue weighted by atomic mass is 10.0. The van der Waals surface area contributed by atoms with E-state index >= 15 is 0 Å². The van der Waals surface area contributed by atoms with Crippen LogP contribution in [-0.4, -0.2) is 28.7 Å². The third-order valence-corrected chi connectivity index (χ3v) is 5.84. The lowest BCUT2D eigenvalue weighted by molar-refractivity contribution is 0.173. The van der Waals surface area contributed by atoms with Gasteiger partial charge in [-0.25, -0.2) is 13.1 Å². The van der Waals surface area contributed by atoms with Crippen LogP contribution in [0.5, 0.6) is 0 Å². The number of ether oxygens (including phenoxy) is 1. The number of benzene rings is 1. The Kier molecular flexibility index (Phi) is 5.27. The molecule has 0 saturated heterocycles. The fourth-order valence-corrected chi connectivity index (χ4v) is 3.95. The van der Waals surface area contributed by atoms with Gasteiger partial charge < -0.3 is 10.5 Å². The van der Waals surface area contributed by atoms with E-state index in [1.807, 2.05) is 0 Å². The molecule has 0 radical (unpaired) electrons. The lowest BCUT2D eigenvalue weighted by Gasteiger charge is -2.16. The van der Waals surface area contributed by atoms with Crippen molar-refractivity contribution in [3.8, 4) is 0 Å². The van der Waals surface area contributed by atoms with Gasteiger partial charge in [-0.15, -0.1) is 0 Å². The van der Waals surface area contributed by atoms with Crippen molar-refractivity contribution in [3.63, 3.8) is 0 Å². The number of halogens is 1. The van der Waals surface area contributed by atoms with Crippen LogP contribution in [0.15, 0.2) is 23.1 Å². The van der Waals surface area contributed by atoms with E-state index in [-0.39, 0.29) is 15.3 Å². The molecule has 1 aliphatic rings. The van der Waals surface area contributed by atoms with Crippen LogP contribution >= 0.6 is 11.6 Å². The number of hydrogen-bond donors (Lipinski definition) is 2. The molecule has 0 spiro atoms. The zero-order valence-electron chi connectivity index (χ0n) is 12.1. The van der Waals surface area contributed by atoms with Crippen LogP contribution in [0.1, 0.15) is 24.8 Å². The van der Waals surface area contributed by atoms with Gasteiger partial charge in [0.25, 0.3) is 0 Å². The predicted molar refractivity (Wildman–Crippen MR) is 82.7 cm³/mol. The standard InChI is InChI=1S/C14H21ClN2O3S/c1-20-7-6-14(4-5-14)10-17-21(18,19)13-3-2-11(9-16)8-12(13)15/h2-3,8,17H,4-7,9-10,16H2,1H3. The number of hydrogen-bond acceptors (Lipinski definition) is 4. The molecule has 5 nitrogen and oxygen atoms in total. The van der Waals surface area contributed by atoms with Gasteiger partial charge in [0.2, 0.25) is 10.0 Å². The van der Waals surface area contributed by atoms with E-state index in [0.717, 1.165) is 24.8 Å². The van der Waals surface area contributed by atoms with Gasteiger partial charge in [0.1, 0.15) is 4.90 Å². The van der Waals surface area contributed by atoms with Gasteiger partial charge in [0.15, 0.2) is 0 Å². The molecule has 0 bridgehead atoms. The Morgan fingerprint density at radius 2 is 2.14 bits per heavy atom. The monoisotopic (exact) mass is 332 g/mol. The van der Waals surface area contributed by atoms with Crippen molar-refractivity contribution < 1.29 is 13.2 Å². The molecular weight excluding hydrogens is 312 g/mol. The molecule has 1 aromatic carbocycles. The highest BCUT2D eigenvalue weighted by molar-refractivity contribution is 7.89. The average Bonchev–Trinajstić information content (AvgIpc) is 3.23. The molecule has 0 amide bonds. The molecule has 2 rings (SSSR count). The summed E-state index contributed by atoms with van der Waals surface area (Å²) >= 11 is 6.05. The smallest absolute Gasteiger partial charge is 0.242 e. The van der Waals surface area contributed by atoms with Gasteiger partial charge in [0.05, 0.1) is 5.02 Å². The third kappa shape index (κ3) is 4.17. The molecular formula is C14H21ClN2O3S. The fraction of sp³-hybridized carbons (Fsp3) is 0.571. The van der Waals surface area contributed by atoms with Crippen LogP contribution in [0.25, 0.3) is 0 Å². The van der Waals surface area contributed by atoms with Crippen LogP contribution < -0.4 is 10.5 Å². The van der Waals surface area contributed by atoms with Crippen molar-refractivity contribution in [2.45, 2.75) is 30.7 Å². The first-order valence-corrected chi connectivity index (χ1v) is 8.76. The maximum absolute atomic E-state index is 12.3. The molecule has 21 heavy (non-hydrogen) atoms. The van der Waals surface area contributed by atoms with Gasteiger partial charge >= 0.3 is 0 Å². The highest BCUT2D eigenvalue weighted by Gasteiger charge is 2.42.